The van der Waals surface area contributed by atoms with Gasteiger partial charge in [0.15, 0.2) is 0 Å². The average Bonchev–Trinajstić information content (AvgIpc) is 2.42. The molecule has 2 heteroatoms. The molecule has 1 nitrogen and oxygen atoms in total. The number of hydrogen-bond donors (Lipinski definition) is 1. The fourth-order valence-electron chi connectivity index (χ4n) is 2.34. The van der Waals surface area contributed by atoms with Gasteiger partial charge in [-0.25, -0.2) is 0 Å². The second-order valence-corrected chi connectivity index (χ2v) is 6.10. The van der Waals surface area contributed by atoms with Crippen LogP contribution in [0.3, 0.4) is 0 Å². The fourth-order valence-corrected chi connectivity index (χ4v) is 3.00. The minimum Gasteiger partial charge on any atom is -0.313 e. The van der Waals surface area contributed by atoms with Gasteiger partial charge in [-0.3, -0.25) is 0 Å². The van der Waals surface area contributed by atoms with E-state index in [2.05, 4.69) is 57.4 Å². The van der Waals surface area contributed by atoms with Crippen molar-refractivity contribution >= 4 is 11.8 Å². The van der Waals surface area contributed by atoms with E-state index in [4.69, 9.17) is 0 Å². The van der Waals surface area contributed by atoms with Gasteiger partial charge in [0.2, 0.25) is 0 Å². The molecule has 0 heterocycles. The summed E-state index contributed by atoms with van der Waals surface area (Å²) in [5, 5.41) is 3.46. The Morgan fingerprint density at radius 1 is 1.06 bits per heavy atom. The van der Waals surface area contributed by atoms with E-state index < -0.39 is 0 Å². The van der Waals surface area contributed by atoms with Crippen LogP contribution in [0.25, 0.3) is 0 Å². The molecule has 1 atom stereocenters. The highest BCUT2D eigenvalue weighted by molar-refractivity contribution is 7.99. The number of rotatable bonds is 8. The number of nitrogens with one attached hydrogen (secondary N) is 1. The maximum absolute atomic E-state index is 3.46. The first-order valence-corrected chi connectivity index (χ1v) is 8.13. The molecule has 0 saturated carbocycles. The van der Waals surface area contributed by atoms with Crippen molar-refractivity contribution in [3.8, 4) is 0 Å². The average molecular weight is 265 g/mol. The molecule has 0 fully saturated rings. The number of benzene rings is 1. The summed E-state index contributed by atoms with van der Waals surface area (Å²) >= 11 is 1.91. The lowest BCUT2D eigenvalue weighted by atomic mass is 9.91. The summed E-state index contributed by atoms with van der Waals surface area (Å²) in [7, 11) is 2.07. The highest BCUT2D eigenvalue weighted by Gasteiger charge is 2.14. The van der Waals surface area contributed by atoms with Crippen molar-refractivity contribution < 1.29 is 0 Å². The second-order valence-electron chi connectivity index (χ2n) is 4.76. The molecule has 102 valence electrons. The molecule has 1 aromatic rings. The third kappa shape index (κ3) is 4.66. The van der Waals surface area contributed by atoms with E-state index in [1.807, 2.05) is 11.8 Å². The van der Waals surface area contributed by atoms with E-state index in [9.17, 15) is 0 Å². The van der Waals surface area contributed by atoms with E-state index in [1.165, 1.54) is 29.7 Å². The van der Waals surface area contributed by atoms with Crippen LogP contribution in [0.1, 0.15) is 51.6 Å². The van der Waals surface area contributed by atoms with Crippen LogP contribution in [0.15, 0.2) is 29.2 Å². The summed E-state index contributed by atoms with van der Waals surface area (Å²) < 4.78 is 0. The van der Waals surface area contributed by atoms with Crippen LogP contribution in [0, 0.1) is 5.92 Å². The summed E-state index contributed by atoms with van der Waals surface area (Å²) in [6.07, 6.45) is 3.79. The summed E-state index contributed by atoms with van der Waals surface area (Å²) in [6.45, 7) is 6.78. The lowest BCUT2D eigenvalue weighted by Crippen LogP contribution is -2.19. The third-order valence-electron chi connectivity index (χ3n) is 3.67. The van der Waals surface area contributed by atoms with Gasteiger partial charge in [-0.1, -0.05) is 45.7 Å². The molecule has 0 aromatic heterocycles. The van der Waals surface area contributed by atoms with Gasteiger partial charge in [-0.05, 0) is 42.8 Å². The molecule has 1 rings (SSSR count). The standard InChI is InChI=1S/C16H27NS/c1-5-13(6-2)12-16(17-4)14-8-10-15(11-9-14)18-7-3/h8-11,13,16-17H,5-7,12H2,1-4H3. The van der Waals surface area contributed by atoms with Gasteiger partial charge >= 0.3 is 0 Å². The van der Waals surface area contributed by atoms with Crippen molar-refractivity contribution in [1.29, 1.82) is 0 Å². The molecule has 0 spiro atoms. The predicted octanol–water partition coefficient (Wildman–Crippen LogP) is 4.89. The Bertz CT molecular complexity index is 316. The monoisotopic (exact) mass is 265 g/mol. The van der Waals surface area contributed by atoms with E-state index in [-0.39, 0.29) is 0 Å². The van der Waals surface area contributed by atoms with Crippen LogP contribution in [-0.2, 0) is 0 Å². The molecule has 0 aliphatic heterocycles. The summed E-state index contributed by atoms with van der Waals surface area (Å²) in [4.78, 5) is 1.37. The Morgan fingerprint density at radius 3 is 2.11 bits per heavy atom. The SMILES string of the molecule is CCSc1ccc(C(CC(CC)CC)NC)cc1. The zero-order valence-corrected chi connectivity index (χ0v) is 13.0. The van der Waals surface area contributed by atoms with Crippen LogP contribution in [0.4, 0.5) is 0 Å². The quantitative estimate of drug-likeness (QED) is 0.672. The molecule has 0 saturated heterocycles. The Kier molecular flexibility index (Phi) is 7.45. The van der Waals surface area contributed by atoms with Crippen molar-refractivity contribution in [3.63, 3.8) is 0 Å². The van der Waals surface area contributed by atoms with Crippen molar-refractivity contribution in [3.05, 3.63) is 29.8 Å². The smallest absolute Gasteiger partial charge is 0.0320 e. The topological polar surface area (TPSA) is 12.0 Å². The van der Waals surface area contributed by atoms with Crippen molar-refractivity contribution in [2.75, 3.05) is 12.8 Å². The van der Waals surface area contributed by atoms with E-state index in [0.29, 0.717) is 6.04 Å². The molecule has 0 aliphatic carbocycles. The van der Waals surface area contributed by atoms with Gasteiger partial charge in [-0.2, -0.15) is 0 Å². The first-order chi connectivity index (χ1) is 8.74. The van der Waals surface area contributed by atoms with E-state index >= 15 is 0 Å². The Balaban J connectivity index is 2.69. The van der Waals surface area contributed by atoms with Gasteiger partial charge in [0.1, 0.15) is 0 Å². The molecule has 1 N–H and O–H groups in total. The molecule has 1 unspecified atom stereocenters. The highest BCUT2D eigenvalue weighted by Crippen LogP contribution is 2.26. The third-order valence-corrected chi connectivity index (χ3v) is 4.56. The van der Waals surface area contributed by atoms with Gasteiger partial charge in [-0.15, -0.1) is 11.8 Å². The lowest BCUT2D eigenvalue weighted by Gasteiger charge is -2.22. The maximum Gasteiger partial charge on any atom is 0.0320 e. The molecule has 0 amide bonds. The largest absolute Gasteiger partial charge is 0.313 e. The summed E-state index contributed by atoms with van der Waals surface area (Å²) in [5.41, 5.74) is 1.42. The van der Waals surface area contributed by atoms with Crippen molar-refractivity contribution in [2.24, 2.45) is 5.92 Å². The Labute approximate surface area is 117 Å². The first kappa shape index (κ1) is 15.6. The predicted molar refractivity (Wildman–Crippen MR) is 83.3 cm³/mol. The Morgan fingerprint density at radius 2 is 1.67 bits per heavy atom. The minimum atomic E-state index is 0.496. The molecular weight excluding hydrogens is 238 g/mol. The maximum atomic E-state index is 3.46. The van der Waals surface area contributed by atoms with E-state index in [1.54, 1.807) is 0 Å². The number of thioether (sulfide) groups is 1. The van der Waals surface area contributed by atoms with E-state index in [0.717, 1.165) is 11.7 Å². The van der Waals surface area contributed by atoms with Crippen molar-refractivity contribution in [1.82, 2.24) is 5.32 Å². The van der Waals surface area contributed by atoms with Gasteiger partial charge in [0.25, 0.3) is 0 Å². The summed E-state index contributed by atoms with van der Waals surface area (Å²) in [5.74, 6) is 1.97. The molecule has 0 bridgehead atoms. The second kappa shape index (κ2) is 8.60. The first-order valence-electron chi connectivity index (χ1n) is 7.15. The van der Waals surface area contributed by atoms with Crippen LogP contribution >= 0.6 is 11.8 Å². The highest BCUT2D eigenvalue weighted by atomic mass is 32.2. The zero-order valence-electron chi connectivity index (χ0n) is 12.2. The molecule has 0 radical (unpaired) electrons. The van der Waals surface area contributed by atoms with Crippen LogP contribution in [0.2, 0.25) is 0 Å². The van der Waals surface area contributed by atoms with Crippen molar-refractivity contribution in [2.45, 2.75) is 51.0 Å². The molecule has 0 aliphatic rings. The molecule has 1 aromatic carbocycles. The zero-order chi connectivity index (χ0) is 13.4. The fraction of sp³-hybridized carbons (Fsp3) is 0.625. The van der Waals surface area contributed by atoms with Crippen LogP contribution in [-0.4, -0.2) is 12.8 Å². The molecule has 18 heavy (non-hydrogen) atoms. The van der Waals surface area contributed by atoms with Gasteiger partial charge < -0.3 is 5.32 Å². The van der Waals surface area contributed by atoms with Crippen LogP contribution in [0.5, 0.6) is 0 Å². The van der Waals surface area contributed by atoms with Gasteiger partial charge in [0.05, 0.1) is 0 Å². The minimum absolute atomic E-state index is 0.496. The lowest BCUT2D eigenvalue weighted by molar-refractivity contribution is 0.385. The van der Waals surface area contributed by atoms with Crippen LogP contribution < -0.4 is 5.32 Å². The Hall–Kier alpha value is -0.470. The normalized spacial score (nSPS) is 12.9. The number of hydrogen-bond acceptors (Lipinski definition) is 2. The summed E-state index contributed by atoms with van der Waals surface area (Å²) in [6, 6.07) is 9.56. The van der Waals surface area contributed by atoms with Gasteiger partial charge in [0, 0.05) is 10.9 Å². The molecular formula is C16H27NS.